The molecule has 0 bridgehead atoms. The summed E-state index contributed by atoms with van der Waals surface area (Å²) in [6.45, 7) is 5.54. The second-order valence-electron chi connectivity index (χ2n) is 7.74. The summed E-state index contributed by atoms with van der Waals surface area (Å²) in [6.07, 6.45) is 3.52. The third-order valence-corrected chi connectivity index (χ3v) is 8.77. The van der Waals surface area contributed by atoms with E-state index in [9.17, 15) is 8.42 Å². The van der Waals surface area contributed by atoms with Crippen molar-refractivity contribution in [3.8, 4) is 5.75 Å². The smallest absolute Gasteiger partial charge is 0.264 e. The number of thioether (sulfide) groups is 1. The lowest BCUT2D eigenvalue weighted by molar-refractivity contribution is 0.230. The molecule has 2 aromatic carbocycles. The molecule has 1 fully saturated rings. The summed E-state index contributed by atoms with van der Waals surface area (Å²) in [4.78, 5) is 3.66. The Morgan fingerprint density at radius 3 is 2.83 bits per heavy atom. The lowest BCUT2D eigenvalue weighted by Gasteiger charge is -2.30. The second kappa shape index (κ2) is 9.39. The molecular formula is C22H27ClN2O3S2. The van der Waals surface area contributed by atoms with Crippen LogP contribution in [0.2, 0.25) is 5.02 Å². The average Bonchev–Trinajstić information content (AvgIpc) is 3.15. The lowest BCUT2D eigenvalue weighted by atomic mass is 10.2. The number of hydrogen-bond donors (Lipinski definition) is 0. The van der Waals surface area contributed by atoms with Crippen LogP contribution < -0.4 is 9.04 Å². The van der Waals surface area contributed by atoms with Gasteiger partial charge < -0.3 is 9.64 Å². The zero-order chi connectivity index (χ0) is 21.1. The molecule has 0 spiro atoms. The van der Waals surface area contributed by atoms with Crippen molar-refractivity contribution < 1.29 is 13.2 Å². The van der Waals surface area contributed by atoms with Gasteiger partial charge in [-0.2, -0.15) is 0 Å². The van der Waals surface area contributed by atoms with E-state index in [4.69, 9.17) is 16.3 Å². The minimum absolute atomic E-state index is 0.207. The number of halogens is 1. The number of nitrogens with zero attached hydrogens (tertiary/aromatic N) is 2. The number of fused-ring (bicyclic) bond motifs is 1. The molecule has 2 heterocycles. The quantitative estimate of drug-likeness (QED) is 0.543. The van der Waals surface area contributed by atoms with Crippen molar-refractivity contribution in [1.82, 2.24) is 4.90 Å². The largest absolute Gasteiger partial charge is 0.493 e. The van der Waals surface area contributed by atoms with E-state index < -0.39 is 10.0 Å². The summed E-state index contributed by atoms with van der Waals surface area (Å²) in [5.74, 6) is 1.41. The topological polar surface area (TPSA) is 49.9 Å². The summed E-state index contributed by atoms with van der Waals surface area (Å²) < 4.78 is 34.0. The Balaban J connectivity index is 1.47. The summed E-state index contributed by atoms with van der Waals surface area (Å²) in [7, 11) is -3.68. The van der Waals surface area contributed by atoms with Gasteiger partial charge in [0.25, 0.3) is 10.0 Å². The van der Waals surface area contributed by atoms with Crippen LogP contribution in [-0.2, 0) is 10.0 Å². The first kappa shape index (κ1) is 21.8. The molecular weight excluding hydrogens is 440 g/mol. The van der Waals surface area contributed by atoms with Crippen LogP contribution in [-0.4, -0.2) is 51.4 Å². The standard InChI is InChI=1S/C22H27ClN2O3S2/c1-17-5-3-10-24(17)11-4-13-28-19-8-9-22-21(16-19)25(12-14-29-22)30(26,27)20-7-2-6-18(23)15-20/h2,6-9,15-17H,3-5,10-14H2,1H3. The molecule has 1 atom stereocenters. The third-order valence-electron chi connectivity index (χ3n) is 5.68. The first-order valence-electron chi connectivity index (χ1n) is 10.4. The zero-order valence-corrected chi connectivity index (χ0v) is 19.5. The van der Waals surface area contributed by atoms with Crippen molar-refractivity contribution in [3.63, 3.8) is 0 Å². The first-order valence-corrected chi connectivity index (χ1v) is 13.2. The lowest BCUT2D eigenvalue weighted by Crippen LogP contribution is -2.35. The van der Waals surface area contributed by atoms with Crippen LogP contribution in [0.4, 0.5) is 5.69 Å². The van der Waals surface area contributed by atoms with E-state index in [2.05, 4.69) is 11.8 Å². The van der Waals surface area contributed by atoms with Gasteiger partial charge in [0.05, 0.1) is 17.2 Å². The maximum atomic E-state index is 13.3. The van der Waals surface area contributed by atoms with Gasteiger partial charge in [0.15, 0.2) is 0 Å². The molecule has 5 nitrogen and oxygen atoms in total. The molecule has 0 aromatic heterocycles. The molecule has 2 aromatic rings. The van der Waals surface area contributed by atoms with E-state index in [-0.39, 0.29) is 4.90 Å². The van der Waals surface area contributed by atoms with Gasteiger partial charge in [0.1, 0.15) is 5.75 Å². The second-order valence-corrected chi connectivity index (χ2v) is 11.2. The predicted octanol–water partition coefficient (Wildman–Crippen LogP) is 4.89. The van der Waals surface area contributed by atoms with Gasteiger partial charge in [0.2, 0.25) is 0 Å². The highest BCUT2D eigenvalue weighted by Gasteiger charge is 2.30. The fraction of sp³-hybridized carbons (Fsp3) is 0.455. The Morgan fingerprint density at radius 1 is 1.20 bits per heavy atom. The van der Waals surface area contributed by atoms with Gasteiger partial charge in [-0.05, 0) is 63.1 Å². The van der Waals surface area contributed by atoms with Crippen LogP contribution in [0, 0.1) is 0 Å². The van der Waals surface area contributed by atoms with Crippen molar-refractivity contribution in [2.75, 3.05) is 36.3 Å². The van der Waals surface area contributed by atoms with Gasteiger partial charge in [0, 0.05) is 40.9 Å². The Kier molecular flexibility index (Phi) is 6.82. The number of likely N-dealkylation sites (tertiary alicyclic amines) is 1. The van der Waals surface area contributed by atoms with Crippen LogP contribution in [0.5, 0.6) is 5.75 Å². The Bertz CT molecular complexity index is 1000. The number of anilines is 1. The summed E-state index contributed by atoms with van der Waals surface area (Å²) in [6, 6.07) is 12.8. The van der Waals surface area contributed by atoms with Crippen molar-refractivity contribution in [1.29, 1.82) is 0 Å². The molecule has 0 N–H and O–H groups in total. The molecule has 1 saturated heterocycles. The van der Waals surface area contributed by atoms with E-state index in [0.717, 1.165) is 17.9 Å². The highest BCUT2D eigenvalue weighted by Crippen LogP contribution is 2.40. The normalized spacial score (nSPS) is 19.7. The van der Waals surface area contributed by atoms with Crippen LogP contribution in [0.1, 0.15) is 26.2 Å². The summed E-state index contributed by atoms with van der Waals surface area (Å²) >= 11 is 7.70. The molecule has 4 rings (SSSR count). The van der Waals surface area contributed by atoms with E-state index >= 15 is 0 Å². The van der Waals surface area contributed by atoms with E-state index in [1.54, 1.807) is 30.0 Å². The molecule has 8 heteroatoms. The fourth-order valence-electron chi connectivity index (χ4n) is 4.05. The van der Waals surface area contributed by atoms with Gasteiger partial charge in [-0.1, -0.05) is 17.7 Å². The first-order chi connectivity index (χ1) is 14.4. The molecule has 2 aliphatic rings. The fourth-order valence-corrected chi connectivity index (χ4v) is 6.98. The molecule has 0 saturated carbocycles. The zero-order valence-electron chi connectivity index (χ0n) is 17.1. The van der Waals surface area contributed by atoms with Crippen molar-refractivity contribution in [2.24, 2.45) is 0 Å². The van der Waals surface area contributed by atoms with Gasteiger partial charge in [-0.15, -0.1) is 11.8 Å². The minimum Gasteiger partial charge on any atom is -0.493 e. The van der Waals surface area contributed by atoms with E-state index in [0.29, 0.717) is 41.4 Å². The SMILES string of the molecule is CC1CCCN1CCCOc1ccc2c(c1)N(S(=O)(=O)c1cccc(Cl)c1)CCS2. The molecule has 0 radical (unpaired) electrons. The van der Waals surface area contributed by atoms with Gasteiger partial charge in [-0.3, -0.25) is 4.31 Å². The highest BCUT2D eigenvalue weighted by atomic mass is 35.5. The van der Waals surface area contributed by atoms with Crippen molar-refractivity contribution in [2.45, 2.75) is 42.0 Å². The Morgan fingerprint density at radius 2 is 2.07 bits per heavy atom. The van der Waals surface area contributed by atoms with Crippen molar-refractivity contribution in [3.05, 3.63) is 47.5 Å². The number of ether oxygens (including phenoxy) is 1. The number of benzene rings is 2. The maximum Gasteiger partial charge on any atom is 0.264 e. The molecule has 162 valence electrons. The Hall–Kier alpha value is -1.41. The van der Waals surface area contributed by atoms with Gasteiger partial charge in [-0.25, -0.2) is 8.42 Å². The molecule has 1 unspecified atom stereocenters. The van der Waals surface area contributed by atoms with Gasteiger partial charge >= 0.3 is 0 Å². The van der Waals surface area contributed by atoms with Crippen molar-refractivity contribution >= 4 is 39.1 Å². The summed E-state index contributed by atoms with van der Waals surface area (Å²) in [5.41, 5.74) is 0.678. The minimum atomic E-state index is -3.68. The van der Waals surface area contributed by atoms with E-state index in [1.165, 1.54) is 29.8 Å². The molecule has 2 aliphatic heterocycles. The third kappa shape index (κ3) is 4.74. The molecule has 0 aliphatic carbocycles. The predicted molar refractivity (Wildman–Crippen MR) is 124 cm³/mol. The maximum absolute atomic E-state index is 13.3. The number of hydrogen-bond acceptors (Lipinski definition) is 5. The monoisotopic (exact) mass is 466 g/mol. The van der Waals surface area contributed by atoms with Crippen LogP contribution >= 0.6 is 23.4 Å². The van der Waals surface area contributed by atoms with E-state index in [1.807, 2.05) is 18.2 Å². The highest BCUT2D eigenvalue weighted by molar-refractivity contribution is 8.00. The molecule has 30 heavy (non-hydrogen) atoms. The number of rotatable bonds is 7. The Labute approximate surface area is 188 Å². The van der Waals surface area contributed by atoms with Crippen LogP contribution in [0.15, 0.2) is 52.3 Å². The molecule has 0 amide bonds. The number of sulfonamides is 1. The summed E-state index contributed by atoms with van der Waals surface area (Å²) in [5, 5.41) is 0.409. The average molecular weight is 467 g/mol. The van der Waals surface area contributed by atoms with Crippen LogP contribution in [0.3, 0.4) is 0 Å². The van der Waals surface area contributed by atoms with Crippen LogP contribution in [0.25, 0.3) is 0 Å².